The van der Waals surface area contributed by atoms with Crippen molar-refractivity contribution < 1.29 is 34.2 Å². The second-order valence-corrected chi connectivity index (χ2v) is 2.00. The molecule has 2 N–H and O–H groups in total. The van der Waals surface area contributed by atoms with Crippen molar-refractivity contribution in [2.75, 3.05) is 13.1 Å². The van der Waals surface area contributed by atoms with Crippen LogP contribution in [0.25, 0.3) is 0 Å². The SMILES string of the molecule is C1C[NH2+]1.[O-][Cl+3]([O-])([O-])[O-]. The first-order valence-corrected chi connectivity index (χ1v) is 3.17. The van der Waals surface area contributed by atoms with Gasteiger partial charge >= 0.3 is 0 Å². The summed E-state index contributed by atoms with van der Waals surface area (Å²) in [4.78, 5) is 0. The Morgan fingerprint density at radius 1 is 1.00 bits per heavy atom. The summed E-state index contributed by atoms with van der Waals surface area (Å²) in [5, 5.41) is 2.25. The molecule has 0 aromatic rings. The molecule has 1 fully saturated rings. The van der Waals surface area contributed by atoms with E-state index >= 15 is 0 Å². The van der Waals surface area contributed by atoms with Crippen LogP contribution in [0.15, 0.2) is 0 Å². The maximum atomic E-state index is 8.49. The molecule has 0 radical (unpaired) electrons. The summed E-state index contributed by atoms with van der Waals surface area (Å²) in [5.74, 6) is 0. The van der Waals surface area contributed by atoms with E-state index in [1.165, 1.54) is 13.1 Å². The zero-order valence-corrected chi connectivity index (χ0v) is 4.76. The highest BCUT2D eigenvalue weighted by atomic mass is 35.7. The molecule has 1 rings (SSSR count). The lowest BCUT2D eigenvalue weighted by atomic mass is 11.0. The van der Waals surface area contributed by atoms with Gasteiger partial charge in [0.05, 0.1) is 0 Å². The summed E-state index contributed by atoms with van der Waals surface area (Å²) in [5.41, 5.74) is 0. The Morgan fingerprint density at radius 3 is 1.12 bits per heavy atom. The molecule has 50 valence electrons. The molecule has 1 aliphatic heterocycles. The average Bonchev–Trinajstić information content (AvgIpc) is 1.95. The lowest BCUT2D eigenvalue weighted by molar-refractivity contribution is -2.00. The minimum absolute atomic E-state index is 1.38. The highest BCUT2D eigenvalue weighted by Crippen LogP contribution is 1.49. The molecule has 1 saturated heterocycles. The maximum absolute atomic E-state index is 8.49. The summed E-state index contributed by atoms with van der Waals surface area (Å²) in [6, 6.07) is 0. The van der Waals surface area contributed by atoms with Gasteiger partial charge in [-0.1, -0.05) is 0 Å². The first-order chi connectivity index (χ1) is 3.50. The van der Waals surface area contributed by atoms with Crippen molar-refractivity contribution in [3.63, 3.8) is 0 Å². The van der Waals surface area contributed by atoms with Gasteiger partial charge in [0.25, 0.3) is 0 Å². The van der Waals surface area contributed by atoms with E-state index in [-0.39, 0.29) is 0 Å². The zero-order valence-electron chi connectivity index (χ0n) is 4.00. The van der Waals surface area contributed by atoms with Crippen LogP contribution in [0.4, 0.5) is 0 Å². The number of hydrogen-bond acceptors (Lipinski definition) is 4. The van der Waals surface area contributed by atoms with Gasteiger partial charge in [-0.15, -0.1) is 10.2 Å². The molecule has 0 unspecified atom stereocenters. The predicted octanol–water partition coefficient (Wildman–Crippen LogP) is -6.19. The van der Waals surface area contributed by atoms with E-state index in [1.807, 2.05) is 0 Å². The topological polar surface area (TPSA) is 109 Å². The van der Waals surface area contributed by atoms with Crippen molar-refractivity contribution >= 4 is 0 Å². The van der Waals surface area contributed by atoms with Gasteiger partial charge in [-0.05, 0) is 0 Å². The van der Waals surface area contributed by atoms with Crippen LogP contribution < -0.4 is 24.0 Å². The van der Waals surface area contributed by atoms with E-state index in [4.69, 9.17) is 18.6 Å². The van der Waals surface area contributed by atoms with E-state index < -0.39 is 10.2 Å². The normalized spacial score (nSPS) is 16.5. The third kappa shape index (κ3) is 133. The first kappa shape index (κ1) is 8.09. The second-order valence-electron chi connectivity index (χ2n) is 1.24. The monoisotopic (exact) mass is 143 g/mol. The smallest absolute Gasteiger partial charge is 0.125 e. The molecule has 0 amide bonds. The second kappa shape index (κ2) is 3.18. The Bertz CT molecular complexity index is 50.8. The zero-order chi connectivity index (χ0) is 6.62. The van der Waals surface area contributed by atoms with E-state index in [9.17, 15) is 0 Å². The molecule has 1 heterocycles. The van der Waals surface area contributed by atoms with Crippen LogP contribution in [0.5, 0.6) is 0 Å². The lowest BCUT2D eigenvalue weighted by Crippen LogP contribution is -2.68. The van der Waals surface area contributed by atoms with Crippen molar-refractivity contribution in [1.29, 1.82) is 0 Å². The molecule has 8 heavy (non-hydrogen) atoms. The first-order valence-electron chi connectivity index (χ1n) is 1.93. The van der Waals surface area contributed by atoms with Crippen molar-refractivity contribution in [3.05, 3.63) is 0 Å². The molecule has 5 nitrogen and oxygen atoms in total. The summed E-state index contributed by atoms with van der Waals surface area (Å²) in [7, 11) is -4.94. The van der Waals surface area contributed by atoms with Crippen molar-refractivity contribution in [1.82, 2.24) is 0 Å². The van der Waals surface area contributed by atoms with Crippen LogP contribution in [0.1, 0.15) is 0 Å². The predicted molar refractivity (Wildman–Crippen MR) is 11.7 cm³/mol. The fraction of sp³-hybridized carbons (Fsp3) is 1.00. The largest absolute Gasteiger partial charge is 0.337 e. The minimum Gasteiger partial charge on any atom is -0.337 e. The van der Waals surface area contributed by atoms with Gasteiger partial charge in [-0.2, -0.15) is 0 Å². The minimum atomic E-state index is -4.94. The van der Waals surface area contributed by atoms with E-state index in [2.05, 4.69) is 5.32 Å². The van der Waals surface area contributed by atoms with Gasteiger partial charge in [-0.25, -0.2) is 18.6 Å². The summed E-state index contributed by atoms with van der Waals surface area (Å²) in [6.45, 7) is 2.75. The van der Waals surface area contributed by atoms with Crippen LogP contribution in [-0.4, -0.2) is 13.1 Å². The number of hydrogen-bond donors (Lipinski definition) is 1. The molecule has 0 aromatic heterocycles. The van der Waals surface area contributed by atoms with Crippen molar-refractivity contribution in [2.45, 2.75) is 0 Å². The van der Waals surface area contributed by atoms with Crippen LogP contribution >= 0.6 is 0 Å². The molecule has 0 spiro atoms. The highest BCUT2D eigenvalue weighted by molar-refractivity contribution is 4.23. The van der Waals surface area contributed by atoms with Crippen LogP contribution in [0.2, 0.25) is 0 Å². The molecule has 0 aliphatic carbocycles. The van der Waals surface area contributed by atoms with Crippen LogP contribution in [0.3, 0.4) is 0 Å². The van der Waals surface area contributed by atoms with Gasteiger partial charge in [0, 0.05) is 0 Å². The van der Waals surface area contributed by atoms with Gasteiger partial charge in [0.2, 0.25) is 0 Å². The summed E-state index contributed by atoms with van der Waals surface area (Å²) in [6.07, 6.45) is 0. The average molecular weight is 144 g/mol. The van der Waals surface area contributed by atoms with Gasteiger partial charge in [0.1, 0.15) is 13.1 Å². The van der Waals surface area contributed by atoms with Crippen molar-refractivity contribution in [2.24, 2.45) is 0 Å². The molecular formula is C2H6ClNO4. The Kier molecular flexibility index (Phi) is 3.22. The molecule has 0 bridgehead atoms. The number of rotatable bonds is 0. The Morgan fingerprint density at radius 2 is 1.12 bits per heavy atom. The fourth-order valence-corrected chi connectivity index (χ4v) is 0. The number of quaternary nitrogens is 1. The molecule has 0 atom stereocenters. The van der Waals surface area contributed by atoms with Gasteiger partial charge < -0.3 is 5.32 Å². The third-order valence-corrected chi connectivity index (χ3v) is 0.289. The molecule has 6 heteroatoms. The van der Waals surface area contributed by atoms with E-state index in [0.29, 0.717) is 0 Å². The Labute approximate surface area is 48.3 Å². The van der Waals surface area contributed by atoms with Gasteiger partial charge in [-0.3, -0.25) is 0 Å². The molecule has 1 aliphatic rings. The van der Waals surface area contributed by atoms with E-state index in [1.54, 1.807) is 0 Å². The standard InChI is InChI=1S/C2H5N.ClHO4/c1-2-3-1;2-1(3,4)5/h3H,1-2H2;(H,2,3,4,5). The summed E-state index contributed by atoms with van der Waals surface area (Å²) < 4.78 is 34.0. The number of halogens is 1. The Hall–Kier alpha value is 0.0900. The van der Waals surface area contributed by atoms with Crippen LogP contribution in [0, 0.1) is 10.2 Å². The maximum Gasteiger partial charge on any atom is 0.125 e. The van der Waals surface area contributed by atoms with E-state index in [0.717, 1.165) is 0 Å². The molecular weight excluding hydrogens is 137 g/mol. The van der Waals surface area contributed by atoms with Crippen LogP contribution in [-0.2, 0) is 0 Å². The fourth-order valence-electron chi connectivity index (χ4n) is 0. The third-order valence-electron chi connectivity index (χ3n) is 0.289. The Balaban J connectivity index is 0.000000135. The quantitative estimate of drug-likeness (QED) is 0.340. The number of nitrogens with two attached hydrogens (primary N) is 1. The van der Waals surface area contributed by atoms with Crippen molar-refractivity contribution in [3.8, 4) is 0 Å². The molecule has 0 aromatic carbocycles. The lowest BCUT2D eigenvalue weighted by Gasteiger charge is -2.17. The molecule has 0 saturated carbocycles. The summed E-state index contributed by atoms with van der Waals surface area (Å²) >= 11 is 0. The van der Waals surface area contributed by atoms with Gasteiger partial charge in [0.15, 0.2) is 0 Å². The highest BCUT2D eigenvalue weighted by Gasteiger charge is 1.99.